The molecule has 2 nitrogen and oxygen atoms in total. The molecule has 102 valence electrons. The minimum absolute atomic E-state index is 0.0104. The van der Waals surface area contributed by atoms with Gasteiger partial charge < -0.3 is 4.90 Å². The number of carbonyl (C=O) groups excluding carboxylic acids is 1. The van der Waals surface area contributed by atoms with Crippen LogP contribution >= 0.6 is 11.6 Å². The second kappa shape index (κ2) is 5.68. The van der Waals surface area contributed by atoms with Gasteiger partial charge in [0.05, 0.1) is 6.54 Å². The van der Waals surface area contributed by atoms with Gasteiger partial charge in [-0.2, -0.15) is 0 Å². The Kier molecular flexibility index (Phi) is 3.75. The standard InChI is InChI=1S/C17H16ClNO/c18-11-17(20)19-12-15-7-2-1-5-13(15)9-10-14-6-3-4-8-16(14)19/h1-8H,9-12H2. The predicted molar refractivity (Wildman–Crippen MR) is 82.2 cm³/mol. The van der Waals surface area contributed by atoms with Gasteiger partial charge in [0.2, 0.25) is 5.91 Å². The zero-order valence-electron chi connectivity index (χ0n) is 11.2. The average Bonchev–Trinajstić information content (AvgIpc) is 2.49. The molecule has 0 unspecified atom stereocenters. The van der Waals surface area contributed by atoms with Crippen molar-refractivity contribution in [1.29, 1.82) is 0 Å². The van der Waals surface area contributed by atoms with Crippen LogP contribution in [0.2, 0.25) is 0 Å². The molecule has 1 amide bonds. The molecule has 0 spiro atoms. The topological polar surface area (TPSA) is 20.3 Å². The highest BCUT2D eigenvalue weighted by molar-refractivity contribution is 6.29. The Balaban J connectivity index is 2.08. The Hall–Kier alpha value is -1.80. The number of anilines is 1. The van der Waals surface area contributed by atoms with Gasteiger partial charge in [0, 0.05) is 5.69 Å². The average molecular weight is 286 g/mol. The number of carbonyl (C=O) groups is 1. The summed E-state index contributed by atoms with van der Waals surface area (Å²) in [5, 5.41) is 0. The van der Waals surface area contributed by atoms with E-state index in [9.17, 15) is 4.79 Å². The third kappa shape index (κ3) is 2.44. The monoisotopic (exact) mass is 285 g/mol. The van der Waals surface area contributed by atoms with Crippen LogP contribution in [-0.2, 0) is 24.2 Å². The first-order chi connectivity index (χ1) is 9.79. The van der Waals surface area contributed by atoms with E-state index in [0.29, 0.717) is 6.54 Å². The number of amides is 1. The largest absolute Gasteiger partial charge is 0.307 e. The molecule has 2 aromatic carbocycles. The fraction of sp³-hybridized carbons (Fsp3) is 0.235. The number of alkyl halides is 1. The van der Waals surface area contributed by atoms with Crippen LogP contribution in [0.25, 0.3) is 0 Å². The van der Waals surface area contributed by atoms with E-state index in [4.69, 9.17) is 11.6 Å². The molecule has 0 bridgehead atoms. The molecule has 1 aliphatic rings. The summed E-state index contributed by atoms with van der Waals surface area (Å²) in [7, 11) is 0. The van der Waals surface area contributed by atoms with Gasteiger partial charge in [-0.3, -0.25) is 4.79 Å². The molecule has 3 rings (SSSR count). The smallest absolute Gasteiger partial charge is 0.242 e. The number of aryl methyl sites for hydroxylation is 2. The zero-order valence-corrected chi connectivity index (χ0v) is 11.9. The van der Waals surface area contributed by atoms with E-state index in [1.165, 1.54) is 16.7 Å². The van der Waals surface area contributed by atoms with Crippen molar-refractivity contribution in [2.75, 3.05) is 10.8 Å². The molecule has 0 radical (unpaired) electrons. The van der Waals surface area contributed by atoms with E-state index >= 15 is 0 Å². The van der Waals surface area contributed by atoms with E-state index in [1.54, 1.807) is 4.90 Å². The lowest BCUT2D eigenvalue weighted by molar-refractivity contribution is -0.116. The van der Waals surface area contributed by atoms with Crippen LogP contribution in [0.5, 0.6) is 0 Å². The van der Waals surface area contributed by atoms with Crippen LogP contribution in [0.4, 0.5) is 5.69 Å². The molecule has 0 saturated carbocycles. The van der Waals surface area contributed by atoms with Gasteiger partial charge in [0.15, 0.2) is 0 Å². The molecule has 0 fully saturated rings. The molecule has 0 atom stereocenters. The maximum absolute atomic E-state index is 12.2. The number of benzene rings is 2. The van der Waals surface area contributed by atoms with E-state index in [2.05, 4.69) is 24.3 Å². The lowest BCUT2D eigenvalue weighted by Crippen LogP contribution is -2.33. The van der Waals surface area contributed by atoms with Crippen LogP contribution in [-0.4, -0.2) is 11.8 Å². The molecule has 20 heavy (non-hydrogen) atoms. The summed E-state index contributed by atoms with van der Waals surface area (Å²) in [5.41, 5.74) is 4.72. The summed E-state index contributed by atoms with van der Waals surface area (Å²) in [6.07, 6.45) is 1.95. The van der Waals surface area contributed by atoms with Gasteiger partial charge >= 0.3 is 0 Å². The molecule has 0 aliphatic carbocycles. The first-order valence-corrected chi connectivity index (χ1v) is 7.34. The Morgan fingerprint density at radius 3 is 2.30 bits per heavy atom. The van der Waals surface area contributed by atoms with Crippen molar-refractivity contribution < 1.29 is 4.79 Å². The minimum Gasteiger partial charge on any atom is -0.307 e. The number of nitrogens with zero attached hydrogens (tertiary/aromatic N) is 1. The van der Waals surface area contributed by atoms with Gasteiger partial charge in [-0.05, 0) is 35.6 Å². The number of halogens is 1. The molecule has 1 aliphatic heterocycles. The highest BCUT2D eigenvalue weighted by atomic mass is 35.5. The molecular formula is C17H16ClNO. The maximum atomic E-state index is 12.2. The number of hydrogen-bond donors (Lipinski definition) is 0. The molecule has 3 heteroatoms. The third-order valence-electron chi connectivity index (χ3n) is 3.81. The molecule has 2 aromatic rings. The van der Waals surface area contributed by atoms with Crippen LogP contribution in [0.3, 0.4) is 0 Å². The number of fused-ring (bicyclic) bond motifs is 2. The molecule has 0 aromatic heterocycles. The highest BCUT2D eigenvalue weighted by Gasteiger charge is 2.21. The fourth-order valence-corrected chi connectivity index (χ4v) is 2.90. The summed E-state index contributed by atoms with van der Waals surface area (Å²) in [6.45, 7) is 0.596. The van der Waals surface area contributed by atoms with E-state index in [0.717, 1.165) is 18.5 Å². The van der Waals surface area contributed by atoms with E-state index < -0.39 is 0 Å². The fourth-order valence-electron chi connectivity index (χ4n) is 2.76. The van der Waals surface area contributed by atoms with Crippen molar-refractivity contribution in [3.8, 4) is 0 Å². The Bertz CT molecular complexity index is 638. The first-order valence-electron chi connectivity index (χ1n) is 6.80. The van der Waals surface area contributed by atoms with Crippen LogP contribution in [0.1, 0.15) is 16.7 Å². The number of rotatable bonds is 1. The predicted octanol–water partition coefficient (Wildman–Crippen LogP) is 3.56. The summed E-state index contributed by atoms with van der Waals surface area (Å²) in [6, 6.07) is 16.4. The molecular weight excluding hydrogens is 270 g/mol. The van der Waals surface area contributed by atoms with Crippen molar-refractivity contribution in [3.63, 3.8) is 0 Å². The molecule has 1 heterocycles. The SMILES string of the molecule is O=C(CCl)N1Cc2ccccc2CCc2ccccc21. The lowest BCUT2D eigenvalue weighted by Gasteiger charge is -2.28. The Labute approximate surface area is 124 Å². The minimum atomic E-state index is -0.0455. The third-order valence-corrected chi connectivity index (χ3v) is 4.04. The van der Waals surface area contributed by atoms with Gasteiger partial charge in [-0.15, -0.1) is 11.6 Å². The summed E-state index contributed by atoms with van der Waals surface area (Å²) < 4.78 is 0. The van der Waals surface area contributed by atoms with E-state index in [1.807, 2.05) is 24.3 Å². The van der Waals surface area contributed by atoms with Crippen molar-refractivity contribution in [2.24, 2.45) is 0 Å². The lowest BCUT2D eigenvalue weighted by atomic mass is 9.95. The number of hydrogen-bond acceptors (Lipinski definition) is 1. The van der Waals surface area contributed by atoms with Gasteiger partial charge in [-0.1, -0.05) is 42.5 Å². The van der Waals surface area contributed by atoms with Crippen LogP contribution in [0.15, 0.2) is 48.5 Å². The van der Waals surface area contributed by atoms with Crippen molar-refractivity contribution in [2.45, 2.75) is 19.4 Å². The van der Waals surface area contributed by atoms with Crippen LogP contribution in [0, 0.1) is 0 Å². The molecule has 0 N–H and O–H groups in total. The first kappa shape index (κ1) is 13.2. The second-order valence-electron chi connectivity index (χ2n) is 5.01. The quantitative estimate of drug-likeness (QED) is 0.734. The van der Waals surface area contributed by atoms with Gasteiger partial charge in [0.25, 0.3) is 0 Å². The summed E-state index contributed by atoms with van der Waals surface area (Å²) in [4.78, 5) is 14.0. The normalized spacial score (nSPS) is 13.9. The van der Waals surface area contributed by atoms with Crippen LogP contribution < -0.4 is 4.90 Å². The van der Waals surface area contributed by atoms with Crippen molar-refractivity contribution in [1.82, 2.24) is 0 Å². The van der Waals surface area contributed by atoms with E-state index in [-0.39, 0.29) is 11.8 Å². The highest BCUT2D eigenvalue weighted by Crippen LogP contribution is 2.28. The Morgan fingerprint density at radius 1 is 0.950 bits per heavy atom. The van der Waals surface area contributed by atoms with Gasteiger partial charge in [0.1, 0.15) is 5.88 Å². The van der Waals surface area contributed by atoms with Crippen molar-refractivity contribution >= 4 is 23.2 Å². The Morgan fingerprint density at radius 2 is 1.55 bits per heavy atom. The second-order valence-corrected chi connectivity index (χ2v) is 5.28. The van der Waals surface area contributed by atoms with Gasteiger partial charge in [-0.25, -0.2) is 0 Å². The number of para-hydroxylation sites is 1. The molecule has 0 saturated heterocycles. The summed E-state index contributed by atoms with van der Waals surface area (Å²) >= 11 is 5.78. The summed E-state index contributed by atoms with van der Waals surface area (Å²) in [5.74, 6) is -0.0351. The van der Waals surface area contributed by atoms with Crippen molar-refractivity contribution in [3.05, 3.63) is 65.2 Å². The maximum Gasteiger partial charge on any atom is 0.242 e. The zero-order chi connectivity index (χ0) is 13.9.